The molecule has 1 aliphatic rings. The van der Waals surface area contributed by atoms with Crippen molar-refractivity contribution in [2.75, 3.05) is 13.2 Å². The van der Waals surface area contributed by atoms with E-state index >= 15 is 0 Å². The summed E-state index contributed by atoms with van der Waals surface area (Å²) in [6.07, 6.45) is 12.5. The van der Waals surface area contributed by atoms with Crippen LogP contribution in [0.3, 0.4) is 0 Å². The van der Waals surface area contributed by atoms with Gasteiger partial charge in [0.05, 0.1) is 12.7 Å². The molecule has 0 heterocycles. The third-order valence-electron chi connectivity index (χ3n) is 4.87. The third-order valence-corrected chi connectivity index (χ3v) is 4.87. The van der Waals surface area contributed by atoms with Crippen molar-refractivity contribution in [2.24, 2.45) is 23.2 Å². The average molecular weight is 393 g/mol. The van der Waals surface area contributed by atoms with Gasteiger partial charge in [-0.05, 0) is 31.3 Å². The van der Waals surface area contributed by atoms with Crippen LogP contribution in [0.5, 0.6) is 0 Å². The van der Waals surface area contributed by atoms with E-state index in [9.17, 15) is 14.7 Å². The number of allylic oxidation sites excluding steroid dienone is 5. The van der Waals surface area contributed by atoms with Gasteiger partial charge in [-0.25, -0.2) is 0 Å². The van der Waals surface area contributed by atoms with Crippen LogP contribution in [0.4, 0.5) is 0 Å². The number of rotatable bonds is 13. The van der Waals surface area contributed by atoms with E-state index in [1.165, 1.54) is 0 Å². The monoisotopic (exact) mass is 392 g/mol. The summed E-state index contributed by atoms with van der Waals surface area (Å²) in [6, 6.07) is 0. The largest absolute Gasteiger partial charge is 0.481 e. The fraction of sp³-hybridized carbons (Fsp3) is 0.652. The summed E-state index contributed by atoms with van der Waals surface area (Å²) in [4.78, 5) is 22.6. The van der Waals surface area contributed by atoms with Crippen molar-refractivity contribution in [2.45, 2.75) is 59.5 Å². The van der Waals surface area contributed by atoms with Crippen LogP contribution in [0.25, 0.3) is 0 Å². The number of aliphatic carboxylic acids is 1. The maximum Gasteiger partial charge on any atom is 0.303 e. The Labute approximate surface area is 169 Å². The van der Waals surface area contributed by atoms with Crippen molar-refractivity contribution in [3.63, 3.8) is 0 Å². The van der Waals surface area contributed by atoms with Crippen LogP contribution < -0.4 is 0 Å². The van der Waals surface area contributed by atoms with E-state index in [4.69, 9.17) is 9.84 Å². The first-order chi connectivity index (χ1) is 13.1. The summed E-state index contributed by atoms with van der Waals surface area (Å²) < 4.78 is 5.68. The zero-order valence-corrected chi connectivity index (χ0v) is 17.6. The molecule has 2 N–H and O–H groups in total. The zero-order valence-electron chi connectivity index (χ0n) is 17.6. The van der Waals surface area contributed by atoms with Crippen LogP contribution in [0, 0.1) is 23.2 Å². The molecule has 0 fully saturated rings. The first kappa shape index (κ1) is 24.3. The fourth-order valence-corrected chi connectivity index (χ4v) is 2.99. The molecule has 158 valence electrons. The van der Waals surface area contributed by atoms with Gasteiger partial charge in [-0.15, -0.1) is 0 Å². The Balaban J connectivity index is 2.53. The average Bonchev–Trinajstić information content (AvgIpc) is 2.95. The molecule has 1 unspecified atom stereocenters. The van der Waals surface area contributed by atoms with E-state index < -0.39 is 17.5 Å². The number of carboxylic acid groups (broad SMARTS) is 1. The molecule has 0 saturated carbocycles. The predicted molar refractivity (Wildman–Crippen MR) is 111 cm³/mol. The molecule has 0 spiro atoms. The summed E-state index contributed by atoms with van der Waals surface area (Å²) in [5, 5.41) is 19.2. The van der Waals surface area contributed by atoms with Crippen LogP contribution in [0.2, 0.25) is 0 Å². The second-order valence-corrected chi connectivity index (χ2v) is 8.67. The van der Waals surface area contributed by atoms with Crippen LogP contribution >= 0.6 is 0 Å². The van der Waals surface area contributed by atoms with Gasteiger partial charge in [-0.1, -0.05) is 58.1 Å². The van der Waals surface area contributed by atoms with Crippen molar-refractivity contribution in [3.05, 3.63) is 36.5 Å². The number of carbonyl (C=O) groups is 2. The quantitative estimate of drug-likeness (QED) is 0.363. The summed E-state index contributed by atoms with van der Waals surface area (Å²) in [7, 11) is 0. The molecule has 0 aromatic heterocycles. The number of carboxylic acids is 1. The molecule has 0 bridgehead atoms. The van der Waals surface area contributed by atoms with E-state index in [1.54, 1.807) is 12.2 Å². The minimum absolute atomic E-state index is 0.0294. The van der Waals surface area contributed by atoms with Gasteiger partial charge < -0.3 is 14.9 Å². The fourth-order valence-electron chi connectivity index (χ4n) is 2.99. The number of aliphatic hydroxyl groups excluding tert-OH is 1. The van der Waals surface area contributed by atoms with Crippen molar-refractivity contribution in [1.29, 1.82) is 0 Å². The Morgan fingerprint density at radius 2 is 2.04 bits per heavy atom. The molecule has 0 aliphatic heterocycles. The number of hydrogen-bond donors (Lipinski definition) is 2. The highest BCUT2D eigenvalue weighted by Gasteiger charge is 2.29. The standard InChI is InChI=1S/C23H36O5/c1-17(2)15-28-16-23(3,4)21(25)14-12-18-11-13-20(24)19(18)9-7-5-6-8-10-22(26)27/h5,7,11-14,17-19,21,25H,6,8-10,15-16H2,1-4H3,(H,26,27)/b7-5-,14-12?/t18-,19-,21?/m1/s1. The minimum atomic E-state index is -0.787. The molecule has 28 heavy (non-hydrogen) atoms. The molecule has 0 saturated heterocycles. The lowest BCUT2D eigenvalue weighted by atomic mass is 9.85. The second-order valence-electron chi connectivity index (χ2n) is 8.67. The highest BCUT2D eigenvalue weighted by atomic mass is 16.5. The van der Waals surface area contributed by atoms with Gasteiger partial charge in [0.15, 0.2) is 5.78 Å². The van der Waals surface area contributed by atoms with Gasteiger partial charge in [0.1, 0.15) is 0 Å². The van der Waals surface area contributed by atoms with E-state index in [0.29, 0.717) is 38.4 Å². The van der Waals surface area contributed by atoms with Crippen LogP contribution in [-0.4, -0.2) is 41.3 Å². The molecule has 3 atom stereocenters. The Bertz CT molecular complexity index is 586. The lowest BCUT2D eigenvalue weighted by Gasteiger charge is -2.29. The number of unbranched alkanes of at least 4 members (excludes halogenated alkanes) is 1. The van der Waals surface area contributed by atoms with Crippen LogP contribution in [0.15, 0.2) is 36.5 Å². The number of carbonyl (C=O) groups excluding carboxylic acids is 1. The van der Waals surface area contributed by atoms with Gasteiger partial charge >= 0.3 is 5.97 Å². The summed E-state index contributed by atoms with van der Waals surface area (Å²) in [5.41, 5.74) is -0.405. The SMILES string of the molecule is CC(C)COCC(C)(C)C(O)C=C[C@H]1C=CC(=O)[C@@H]1C/C=C\CCCC(=O)O. The summed E-state index contributed by atoms with van der Waals surface area (Å²) >= 11 is 0. The van der Waals surface area contributed by atoms with E-state index in [0.717, 1.165) is 0 Å². The zero-order chi connectivity index (χ0) is 21.2. The van der Waals surface area contributed by atoms with Gasteiger partial charge in [-0.2, -0.15) is 0 Å². The van der Waals surface area contributed by atoms with E-state index in [1.807, 2.05) is 38.2 Å². The molecule has 0 radical (unpaired) electrons. The lowest BCUT2D eigenvalue weighted by molar-refractivity contribution is -0.137. The molecular weight excluding hydrogens is 356 g/mol. The molecule has 0 aromatic rings. The minimum Gasteiger partial charge on any atom is -0.481 e. The molecule has 1 aliphatic carbocycles. The molecule has 5 heteroatoms. The van der Waals surface area contributed by atoms with Gasteiger partial charge in [0, 0.05) is 30.3 Å². The number of aliphatic hydroxyl groups is 1. The van der Waals surface area contributed by atoms with Crippen LogP contribution in [0.1, 0.15) is 53.4 Å². The smallest absolute Gasteiger partial charge is 0.303 e. The second kappa shape index (κ2) is 12.0. The van der Waals surface area contributed by atoms with Crippen LogP contribution in [-0.2, 0) is 14.3 Å². The van der Waals surface area contributed by atoms with E-state index in [2.05, 4.69) is 13.8 Å². The van der Waals surface area contributed by atoms with Crippen molar-refractivity contribution in [1.82, 2.24) is 0 Å². The lowest BCUT2D eigenvalue weighted by Crippen LogP contribution is -2.33. The highest BCUT2D eigenvalue weighted by Crippen LogP contribution is 2.29. The molecule has 0 aromatic carbocycles. The normalized spacial score (nSPS) is 21.4. The third kappa shape index (κ3) is 8.98. The molecule has 5 nitrogen and oxygen atoms in total. The highest BCUT2D eigenvalue weighted by molar-refractivity contribution is 5.95. The predicted octanol–water partition coefficient (Wildman–Crippen LogP) is 4.17. The Morgan fingerprint density at radius 1 is 1.32 bits per heavy atom. The number of ketones is 1. The van der Waals surface area contributed by atoms with Crippen molar-refractivity contribution in [3.8, 4) is 0 Å². The molecule has 0 amide bonds. The molecular formula is C23H36O5. The topological polar surface area (TPSA) is 83.8 Å². The van der Waals surface area contributed by atoms with Gasteiger partial charge in [0.25, 0.3) is 0 Å². The van der Waals surface area contributed by atoms with Crippen molar-refractivity contribution < 1.29 is 24.5 Å². The van der Waals surface area contributed by atoms with E-state index in [-0.39, 0.29) is 24.0 Å². The Hall–Kier alpha value is -1.72. The van der Waals surface area contributed by atoms with Crippen molar-refractivity contribution >= 4 is 11.8 Å². The Kier molecular flexibility index (Phi) is 10.4. The number of ether oxygens (including phenoxy) is 1. The first-order valence-electron chi connectivity index (χ1n) is 10.2. The van der Waals surface area contributed by atoms with Gasteiger partial charge in [0.2, 0.25) is 0 Å². The maximum absolute atomic E-state index is 12.1. The first-order valence-corrected chi connectivity index (χ1v) is 10.2. The maximum atomic E-state index is 12.1. The Morgan fingerprint density at radius 3 is 2.68 bits per heavy atom. The summed E-state index contributed by atoms with van der Waals surface area (Å²) in [5.74, 6) is -0.419. The number of hydrogen-bond acceptors (Lipinski definition) is 4. The van der Waals surface area contributed by atoms with Gasteiger partial charge in [-0.3, -0.25) is 9.59 Å². The summed E-state index contributed by atoms with van der Waals surface area (Å²) in [6.45, 7) is 9.25. The molecule has 1 rings (SSSR count).